The fourth-order valence-corrected chi connectivity index (χ4v) is 10.1. The first-order valence-electron chi connectivity index (χ1n) is 19.6. The van der Waals surface area contributed by atoms with E-state index in [1.807, 2.05) is 0 Å². The topological polar surface area (TPSA) is 0 Å². The first-order valence-corrected chi connectivity index (χ1v) is 22.0. The van der Waals surface area contributed by atoms with Crippen LogP contribution < -0.4 is 24.8 Å². The Balaban J connectivity index is 0.000000150. The first-order chi connectivity index (χ1) is 25.4. The van der Waals surface area contributed by atoms with Crippen LogP contribution in [0.5, 0.6) is 0 Å². The molecule has 4 aromatic rings. The summed E-state index contributed by atoms with van der Waals surface area (Å²) < 4.78 is 3.61. The van der Waals surface area contributed by atoms with Crippen molar-refractivity contribution < 1.29 is 73.3 Å². The fraction of sp³-hybridized carbons (Fsp3) is 0.320. The van der Waals surface area contributed by atoms with E-state index in [1.54, 1.807) is 54.9 Å². The molecule has 2 saturated carbocycles. The molecule has 0 heterocycles. The van der Waals surface area contributed by atoms with Gasteiger partial charge in [0, 0.05) is 0 Å². The van der Waals surface area contributed by atoms with E-state index in [2.05, 4.69) is 123 Å². The second kappa shape index (κ2) is 20.9. The van der Waals surface area contributed by atoms with E-state index in [-0.39, 0.29) is 24.8 Å². The van der Waals surface area contributed by atoms with Crippen molar-refractivity contribution in [3.63, 3.8) is 0 Å². The van der Waals surface area contributed by atoms with Crippen LogP contribution in [0.2, 0.25) is 0 Å². The Morgan fingerprint density at radius 1 is 0.519 bits per heavy atom. The van der Waals surface area contributed by atoms with Gasteiger partial charge in [-0.15, -0.1) is 80.9 Å². The van der Waals surface area contributed by atoms with Gasteiger partial charge in [0.2, 0.25) is 0 Å². The molecule has 0 spiro atoms. The number of hydrogen-bond acceptors (Lipinski definition) is 0. The summed E-state index contributed by atoms with van der Waals surface area (Å²) in [5.41, 5.74) is 19.3. The summed E-state index contributed by atoms with van der Waals surface area (Å²) in [7, 11) is 0. The normalized spacial score (nSPS) is 16.6. The van der Waals surface area contributed by atoms with Crippen molar-refractivity contribution >= 4 is 17.6 Å². The van der Waals surface area contributed by atoms with E-state index in [1.165, 1.54) is 142 Å². The Bertz CT molecular complexity index is 1940. The van der Waals surface area contributed by atoms with Gasteiger partial charge in [0.25, 0.3) is 0 Å². The number of benzene rings is 4. The molecule has 0 aliphatic heterocycles. The zero-order valence-corrected chi connectivity index (χ0v) is 38.3. The third kappa shape index (κ3) is 10.7. The third-order valence-electron chi connectivity index (χ3n) is 11.1. The standard InChI is InChI=1S/2C19H15.2C6H10.2ClH.2Zr/c2*1-13-10-16(14-6-2-3-7-14)12-17-11-15-8-4-5-9-18(15)19(13)17;2*1-2-4-6-5-3-1;;;;/h2*2-6,8-10H,7,11H2,1H3;2*1-5H2;2*1H;;/q2*-1;;;;;;/p-2. The molecule has 4 aromatic carbocycles. The van der Waals surface area contributed by atoms with Crippen LogP contribution in [-0.2, 0) is 61.3 Å². The third-order valence-corrected chi connectivity index (χ3v) is 13.6. The van der Waals surface area contributed by atoms with Crippen molar-refractivity contribution in [1.29, 1.82) is 0 Å². The van der Waals surface area contributed by atoms with Crippen molar-refractivity contribution in [2.45, 2.75) is 104 Å². The predicted octanol–water partition coefficient (Wildman–Crippen LogP) is 6.77. The molecule has 4 heteroatoms. The minimum atomic E-state index is 0. The van der Waals surface area contributed by atoms with Gasteiger partial charge >= 0.3 is 119 Å². The maximum absolute atomic E-state index is 3.65. The zero-order valence-electron chi connectivity index (χ0n) is 31.9. The van der Waals surface area contributed by atoms with Gasteiger partial charge in [0.05, 0.1) is 0 Å². The van der Waals surface area contributed by atoms with Gasteiger partial charge in [0.15, 0.2) is 0 Å². The average molecular weight is 904 g/mol. The van der Waals surface area contributed by atoms with Crippen LogP contribution in [-0.4, -0.2) is 6.41 Å². The van der Waals surface area contributed by atoms with E-state index in [0.29, 0.717) is 0 Å². The van der Waals surface area contributed by atoms with Crippen molar-refractivity contribution in [3.8, 4) is 22.3 Å². The molecule has 6 aliphatic carbocycles. The quantitative estimate of drug-likeness (QED) is 0.169. The molecule has 0 bridgehead atoms. The number of fused-ring (bicyclic) bond motifs is 6. The molecular formula is C50H50Cl2Zr2-4. The van der Waals surface area contributed by atoms with Crippen LogP contribution in [0, 0.1) is 26.0 Å². The molecule has 0 nitrogen and oxygen atoms in total. The maximum atomic E-state index is 3.65. The van der Waals surface area contributed by atoms with E-state index in [0.717, 1.165) is 25.7 Å². The fourth-order valence-electron chi connectivity index (χ4n) is 8.41. The summed E-state index contributed by atoms with van der Waals surface area (Å²) in [5, 5.41) is 0. The molecule has 0 atom stereocenters. The number of halogens is 2. The summed E-state index contributed by atoms with van der Waals surface area (Å²) in [6, 6.07) is 29.3. The van der Waals surface area contributed by atoms with Crippen LogP contribution in [0.25, 0.3) is 33.4 Å². The van der Waals surface area contributed by atoms with Gasteiger partial charge < -0.3 is 24.8 Å². The van der Waals surface area contributed by atoms with Crippen molar-refractivity contribution in [3.05, 3.63) is 154 Å². The zero-order chi connectivity index (χ0) is 35.9. The molecule has 0 saturated heterocycles. The van der Waals surface area contributed by atoms with Crippen LogP contribution in [0.4, 0.5) is 0 Å². The Hall–Kier alpha value is -2.07. The Morgan fingerprint density at radius 3 is 1.24 bits per heavy atom. The molecule has 54 heavy (non-hydrogen) atoms. The molecule has 276 valence electrons. The van der Waals surface area contributed by atoms with E-state index >= 15 is 0 Å². The van der Waals surface area contributed by atoms with E-state index in [4.69, 9.17) is 0 Å². The van der Waals surface area contributed by atoms with Gasteiger partial charge in [-0.3, -0.25) is 0 Å². The van der Waals surface area contributed by atoms with Gasteiger partial charge in [-0.05, 0) is 36.8 Å². The van der Waals surface area contributed by atoms with Crippen LogP contribution in [0.15, 0.2) is 97.1 Å². The molecule has 0 N–H and O–H groups in total. The average Bonchev–Trinajstić information content (AvgIpc) is 3.99. The van der Waals surface area contributed by atoms with Crippen molar-refractivity contribution in [2.24, 2.45) is 0 Å². The number of rotatable bonds is 2. The number of aryl methyl sites for hydroxylation is 2. The second-order valence-electron chi connectivity index (χ2n) is 15.1. The molecule has 0 radical (unpaired) electrons. The summed E-state index contributed by atoms with van der Waals surface area (Å²) in [6.07, 6.45) is 31.9. The SMILES string of the molecule is Cc1cc(C2=CC=CC2)[c-]c2c1-c1ccccc1C2.Cc1cc(C2=CC=CC2)[c-]c2c1-c1ccccc1C2.[Cl-].[Cl-].[Zr]=[C]1CCCCC1.[Zr]=[C]1CCCCC1. The number of hydrogen-bond donors (Lipinski definition) is 0. The van der Waals surface area contributed by atoms with E-state index < -0.39 is 0 Å². The molecule has 6 aliphatic rings. The summed E-state index contributed by atoms with van der Waals surface area (Å²) in [4.78, 5) is 0. The van der Waals surface area contributed by atoms with E-state index in [9.17, 15) is 0 Å². The summed E-state index contributed by atoms with van der Waals surface area (Å²) >= 11 is 3.38. The van der Waals surface area contributed by atoms with Crippen LogP contribution in [0.1, 0.15) is 122 Å². The molecule has 0 amide bonds. The van der Waals surface area contributed by atoms with Crippen LogP contribution in [0.3, 0.4) is 0 Å². The summed E-state index contributed by atoms with van der Waals surface area (Å²) in [6.45, 7) is 4.45. The Morgan fingerprint density at radius 2 is 0.907 bits per heavy atom. The molecular weight excluding hydrogens is 854 g/mol. The van der Waals surface area contributed by atoms with Gasteiger partial charge in [0.1, 0.15) is 0 Å². The number of allylic oxidation sites excluding steroid dienone is 8. The summed E-state index contributed by atoms with van der Waals surface area (Å²) in [5.74, 6) is 0. The van der Waals surface area contributed by atoms with Crippen molar-refractivity contribution in [1.82, 2.24) is 0 Å². The molecule has 0 unspecified atom stereocenters. The van der Waals surface area contributed by atoms with Gasteiger partial charge in [-0.25, -0.2) is 0 Å². The molecule has 10 rings (SSSR count). The second-order valence-corrected chi connectivity index (χ2v) is 18.6. The molecule has 0 aromatic heterocycles. The monoisotopic (exact) mass is 900 g/mol. The van der Waals surface area contributed by atoms with Gasteiger partial charge in [-0.1, -0.05) is 109 Å². The molecule has 2 fully saturated rings. The van der Waals surface area contributed by atoms with Crippen LogP contribution >= 0.6 is 0 Å². The van der Waals surface area contributed by atoms with Crippen molar-refractivity contribution in [2.75, 3.05) is 0 Å². The first kappa shape index (κ1) is 43.1. The Kier molecular flexibility index (Phi) is 16.7. The van der Waals surface area contributed by atoms with Gasteiger partial charge in [-0.2, -0.15) is 0 Å². The minimum absolute atomic E-state index is 0. The predicted molar refractivity (Wildman–Crippen MR) is 216 cm³/mol. The Labute approximate surface area is 367 Å².